The van der Waals surface area contributed by atoms with Gasteiger partial charge in [0.25, 0.3) is 0 Å². The van der Waals surface area contributed by atoms with Crippen LogP contribution in [0.4, 0.5) is 0 Å². The van der Waals surface area contributed by atoms with Crippen LogP contribution in [0.15, 0.2) is 140 Å². The van der Waals surface area contributed by atoms with E-state index >= 15 is 0 Å². The van der Waals surface area contributed by atoms with Gasteiger partial charge in [-0.2, -0.15) is 0 Å². The van der Waals surface area contributed by atoms with E-state index in [4.69, 9.17) is 0 Å². The topological polar surface area (TPSA) is 0 Å². The van der Waals surface area contributed by atoms with Crippen molar-refractivity contribution in [1.29, 1.82) is 0 Å². The molecule has 0 spiro atoms. The summed E-state index contributed by atoms with van der Waals surface area (Å²) in [6.07, 6.45) is 0. The van der Waals surface area contributed by atoms with Crippen molar-refractivity contribution in [3.8, 4) is 22.3 Å². The highest BCUT2D eigenvalue weighted by molar-refractivity contribution is 6.27. The normalized spacial score (nSPS) is 12.4. The molecule has 44 heavy (non-hydrogen) atoms. The summed E-state index contributed by atoms with van der Waals surface area (Å²) >= 11 is 0. The zero-order valence-corrected chi connectivity index (χ0v) is 25.3. The molecular formula is C44H32. The minimum absolute atomic E-state index is 0.0487. The minimum atomic E-state index is -0.0487. The monoisotopic (exact) mass is 560 g/mol. The van der Waals surface area contributed by atoms with E-state index in [1.165, 1.54) is 92.5 Å². The third kappa shape index (κ3) is 3.58. The lowest BCUT2D eigenvalue weighted by Gasteiger charge is -2.27. The maximum absolute atomic E-state index is 2.48. The van der Waals surface area contributed by atoms with Crippen molar-refractivity contribution in [3.63, 3.8) is 0 Å². The third-order valence-corrected chi connectivity index (χ3v) is 9.65. The molecule has 0 aliphatic heterocycles. The van der Waals surface area contributed by atoms with Crippen molar-refractivity contribution in [2.24, 2.45) is 0 Å². The van der Waals surface area contributed by atoms with Crippen molar-refractivity contribution in [1.82, 2.24) is 0 Å². The Labute approximate surface area is 257 Å². The van der Waals surface area contributed by atoms with Crippen LogP contribution in [0, 0.1) is 0 Å². The predicted octanol–water partition coefficient (Wildman–Crippen LogP) is 12.7. The second-order valence-corrected chi connectivity index (χ2v) is 13.3. The molecule has 0 heteroatoms. The Morgan fingerprint density at radius 1 is 0.364 bits per heavy atom. The zero-order valence-electron chi connectivity index (χ0n) is 25.3. The van der Waals surface area contributed by atoms with Gasteiger partial charge in [0.1, 0.15) is 0 Å². The van der Waals surface area contributed by atoms with Gasteiger partial charge in [-0.3, -0.25) is 0 Å². The first-order valence-electron chi connectivity index (χ1n) is 15.6. The predicted molar refractivity (Wildman–Crippen MR) is 192 cm³/mol. The molecule has 0 heterocycles. The summed E-state index contributed by atoms with van der Waals surface area (Å²) < 4.78 is 0. The lowest BCUT2D eigenvalue weighted by molar-refractivity contribution is 0.601. The van der Waals surface area contributed by atoms with Gasteiger partial charge in [0.15, 0.2) is 0 Å². The van der Waals surface area contributed by atoms with E-state index in [9.17, 15) is 0 Å². The zero-order chi connectivity index (χ0) is 29.6. The molecule has 0 aromatic heterocycles. The molecule has 0 nitrogen and oxygen atoms in total. The first kappa shape index (κ1) is 25.3. The molecular weight excluding hydrogens is 528 g/mol. The highest BCUT2D eigenvalue weighted by atomic mass is 14.3. The Morgan fingerprint density at radius 3 is 1.77 bits per heavy atom. The van der Waals surface area contributed by atoms with E-state index in [0.717, 1.165) is 0 Å². The summed E-state index contributed by atoms with van der Waals surface area (Å²) in [5.74, 6) is 0. The Morgan fingerprint density at radius 2 is 0.955 bits per heavy atom. The van der Waals surface area contributed by atoms with Gasteiger partial charge >= 0.3 is 0 Å². The number of fused-ring (bicyclic) bond motifs is 3. The number of hydrogen-bond donors (Lipinski definition) is 0. The molecule has 9 aromatic carbocycles. The van der Waals surface area contributed by atoms with Crippen molar-refractivity contribution >= 4 is 64.6 Å². The van der Waals surface area contributed by atoms with Crippen molar-refractivity contribution in [2.45, 2.75) is 26.2 Å². The Hall–Kier alpha value is -5.20. The van der Waals surface area contributed by atoms with Crippen LogP contribution in [-0.2, 0) is 5.41 Å². The van der Waals surface area contributed by atoms with E-state index in [-0.39, 0.29) is 5.41 Å². The average Bonchev–Trinajstić information content (AvgIpc) is 3.05. The van der Waals surface area contributed by atoms with Gasteiger partial charge in [0.2, 0.25) is 0 Å². The molecule has 0 amide bonds. The van der Waals surface area contributed by atoms with Crippen LogP contribution in [0.5, 0.6) is 0 Å². The molecule has 0 atom stereocenters. The summed E-state index contributed by atoms with van der Waals surface area (Å²) in [4.78, 5) is 0. The fourth-order valence-electron chi connectivity index (χ4n) is 7.89. The maximum Gasteiger partial charge on any atom is -0.00204 e. The molecule has 0 unspecified atom stereocenters. The lowest BCUT2D eigenvalue weighted by Crippen LogP contribution is -2.13. The lowest BCUT2D eigenvalue weighted by atomic mass is 9.77. The van der Waals surface area contributed by atoms with Gasteiger partial charge in [-0.25, -0.2) is 0 Å². The number of rotatable bonds is 2. The van der Waals surface area contributed by atoms with Gasteiger partial charge < -0.3 is 0 Å². The van der Waals surface area contributed by atoms with Crippen LogP contribution in [0.3, 0.4) is 0 Å². The largest absolute Gasteiger partial charge is 0.0616 e. The number of hydrogen-bond acceptors (Lipinski definition) is 0. The Bertz CT molecular complexity index is 2570. The van der Waals surface area contributed by atoms with Crippen LogP contribution in [0.2, 0.25) is 0 Å². The summed E-state index contributed by atoms with van der Waals surface area (Å²) in [6, 6.07) is 52.2. The summed E-state index contributed by atoms with van der Waals surface area (Å²) in [7, 11) is 0. The molecule has 0 aliphatic rings. The van der Waals surface area contributed by atoms with Crippen LogP contribution < -0.4 is 0 Å². The Balaban J connectivity index is 1.44. The first-order valence-corrected chi connectivity index (χ1v) is 15.6. The van der Waals surface area contributed by atoms with Crippen LogP contribution in [0.25, 0.3) is 86.9 Å². The van der Waals surface area contributed by atoms with Crippen LogP contribution in [0.1, 0.15) is 26.3 Å². The van der Waals surface area contributed by atoms with Gasteiger partial charge in [0, 0.05) is 0 Å². The fourth-order valence-corrected chi connectivity index (χ4v) is 7.89. The highest BCUT2D eigenvalue weighted by Crippen LogP contribution is 2.47. The molecule has 0 fully saturated rings. The maximum atomic E-state index is 2.48. The van der Waals surface area contributed by atoms with E-state index in [0.29, 0.717) is 0 Å². The molecule has 0 bridgehead atoms. The standard InChI is InChI=1S/C44H32/c1-44(2,3)43-37-18-7-6-17-34(37)42(33-19-9-12-27-11-4-5-16-32(27)33)36-24-23-30(25-39(36)43)38-26-31-15-8-13-28-21-22-29-14-10-20-35(38)41(29)40(28)31/h4-26H,1-3H3. The van der Waals surface area contributed by atoms with Crippen LogP contribution in [-0.4, -0.2) is 0 Å². The molecule has 0 aliphatic carbocycles. The van der Waals surface area contributed by atoms with Gasteiger partial charge in [-0.1, -0.05) is 148 Å². The van der Waals surface area contributed by atoms with Gasteiger partial charge in [-0.15, -0.1) is 0 Å². The van der Waals surface area contributed by atoms with Crippen molar-refractivity contribution < 1.29 is 0 Å². The molecule has 0 saturated heterocycles. The molecule has 0 radical (unpaired) electrons. The second-order valence-electron chi connectivity index (χ2n) is 13.3. The first-order chi connectivity index (χ1) is 21.5. The molecule has 9 aromatic rings. The van der Waals surface area contributed by atoms with E-state index in [2.05, 4.69) is 160 Å². The van der Waals surface area contributed by atoms with E-state index in [1.807, 2.05) is 0 Å². The quantitative estimate of drug-likeness (QED) is 0.146. The SMILES string of the molecule is CC(C)(C)c1c2ccccc2c(-c2cccc3ccccc23)c2ccc(-c3cc4cccc5ccc6cccc3c6c54)cc12. The van der Waals surface area contributed by atoms with E-state index in [1.54, 1.807) is 0 Å². The van der Waals surface area contributed by atoms with Gasteiger partial charge in [0.05, 0.1) is 0 Å². The summed E-state index contributed by atoms with van der Waals surface area (Å²) in [5.41, 5.74) is 6.53. The molecule has 9 rings (SSSR count). The van der Waals surface area contributed by atoms with E-state index < -0.39 is 0 Å². The smallest absolute Gasteiger partial charge is 0.00204 e. The average molecular weight is 561 g/mol. The summed E-state index contributed by atoms with van der Waals surface area (Å²) in [5, 5.41) is 15.8. The molecule has 0 N–H and O–H groups in total. The highest BCUT2D eigenvalue weighted by Gasteiger charge is 2.25. The number of benzene rings is 9. The second kappa shape index (κ2) is 9.15. The van der Waals surface area contributed by atoms with Gasteiger partial charge in [-0.05, 0) is 110 Å². The summed E-state index contributed by atoms with van der Waals surface area (Å²) in [6.45, 7) is 7.07. The Kier molecular flexibility index (Phi) is 5.26. The van der Waals surface area contributed by atoms with Crippen LogP contribution >= 0.6 is 0 Å². The molecule has 0 saturated carbocycles. The van der Waals surface area contributed by atoms with Crippen molar-refractivity contribution in [3.05, 3.63) is 145 Å². The molecule has 208 valence electrons. The third-order valence-electron chi connectivity index (χ3n) is 9.65. The minimum Gasteiger partial charge on any atom is -0.0616 e. The fraction of sp³-hybridized carbons (Fsp3) is 0.0909. The van der Waals surface area contributed by atoms with Crippen molar-refractivity contribution in [2.75, 3.05) is 0 Å².